The van der Waals surface area contributed by atoms with E-state index in [1.54, 1.807) is 19.5 Å². The number of rotatable bonds is 5. The number of ether oxygens (including phenoxy) is 1. The van der Waals surface area contributed by atoms with Gasteiger partial charge < -0.3 is 14.1 Å². The summed E-state index contributed by atoms with van der Waals surface area (Å²) in [6.07, 6.45) is 6.92. The lowest BCUT2D eigenvalue weighted by atomic mass is 10.0. The monoisotopic (exact) mass is 391 g/mol. The topological polar surface area (TPSA) is 68.5 Å². The van der Waals surface area contributed by atoms with Crippen LogP contribution in [0.25, 0.3) is 0 Å². The Kier molecular flexibility index (Phi) is 5.60. The third-order valence-corrected chi connectivity index (χ3v) is 5.34. The van der Waals surface area contributed by atoms with E-state index in [0.717, 1.165) is 41.9 Å². The highest BCUT2D eigenvalue weighted by atomic mass is 16.5. The third-order valence-electron chi connectivity index (χ3n) is 5.34. The lowest BCUT2D eigenvalue weighted by molar-refractivity contribution is 0.0563. The number of hydrogen-bond acceptors (Lipinski definition) is 5. The van der Waals surface area contributed by atoms with E-state index in [-0.39, 0.29) is 11.9 Å². The molecule has 1 saturated heterocycles. The normalized spacial score (nSPS) is 16.6. The summed E-state index contributed by atoms with van der Waals surface area (Å²) in [5, 5.41) is 0. The molecule has 0 radical (unpaired) electrons. The molecule has 1 aliphatic heterocycles. The number of aromatic nitrogens is 2. The van der Waals surface area contributed by atoms with E-state index in [1.807, 2.05) is 48.2 Å². The number of carbonyl (C=O) groups excluding carboxylic acids is 1. The lowest BCUT2D eigenvalue weighted by Gasteiger charge is -2.33. The predicted molar refractivity (Wildman–Crippen MR) is 109 cm³/mol. The van der Waals surface area contributed by atoms with Gasteiger partial charge >= 0.3 is 0 Å². The van der Waals surface area contributed by atoms with Crippen LogP contribution >= 0.6 is 0 Å². The van der Waals surface area contributed by atoms with Crippen molar-refractivity contribution in [1.29, 1.82) is 0 Å². The molecule has 1 amide bonds. The van der Waals surface area contributed by atoms with Crippen molar-refractivity contribution in [3.8, 4) is 5.75 Å². The van der Waals surface area contributed by atoms with Gasteiger partial charge in [-0.25, -0.2) is 4.98 Å². The second-order valence-electron chi connectivity index (χ2n) is 7.37. The number of likely N-dealkylation sites (tertiary alicyclic amines) is 1. The highest BCUT2D eigenvalue weighted by Gasteiger charge is 2.33. The van der Waals surface area contributed by atoms with Gasteiger partial charge in [-0.15, -0.1) is 0 Å². The molecule has 0 aliphatic carbocycles. The fourth-order valence-electron chi connectivity index (χ4n) is 3.82. The van der Waals surface area contributed by atoms with Crippen molar-refractivity contribution in [2.75, 3.05) is 13.7 Å². The van der Waals surface area contributed by atoms with Crippen LogP contribution in [0.3, 0.4) is 0 Å². The molecule has 29 heavy (non-hydrogen) atoms. The number of pyridine rings is 1. The molecular formula is C23H25N3O3. The van der Waals surface area contributed by atoms with E-state index in [2.05, 4.69) is 9.97 Å². The SMILES string of the molecule is COc1cccc(Cc2cnc(C3CCCCN3C(=O)c3ncccc3C)o2)c1. The minimum Gasteiger partial charge on any atom is -0.497 e. The summed E-state index contributed by atoms with van der Waals surface area (Å²) in [6, 6.07) is 11.5. The number of hydrogen-bond donors (Lipinski definition) is 0. The Hall–Kier alpha value is -3.15. The van der Waals surface area contributed by atoms with E-state index >= 15 is 0 Å². The van der Waals surface area contributed by atoms with Crippen LogP contribution in [0.5, 0.6) is 5.75 Å². The third kappa shape index (κ3) is 4.16. The first-order valence-electron chi connectivity index (χ1n) is 9.96. The van der Waals surface area contributed by atoms with Gasteiger partial charge in [-0.3, -0.25) is 9.78 Å². The van der Waals surface area contributed by atoms with E-state index in [4.69, 9.17) is 9.15 Å². The van der Waals surface area contributed by atoms with Gasteiger partial charge in [0, 0.05) is 19.2 Å². The maximum atomic E-state index is 13.2. The molecule has 0 spiro atoms. The number of nitrogens with zero attached hydrogens (tertiary/aromatic N) is 3. The zero-order valence-corrected chi connectivity index (χ0v) is 16.8. The maximum absolute atomic E-state index is 13.2. The van der Waals surface area contributed by atoms with Crippen molar-refractivity contribution in [3.63, 3.8) is 0 Å². The summed E-state index contributed by atoms with van der Waals surface area (Å²) in [6.45, 7) is 2.60. The number of carbonyl (C=O) groups is 1. The summed E-state index contributed by atoms with van der Waals surface area (Å²) in [4.78, 5) is 23.8. The van der Waals surface area contributed by atoms with Gasteiger partial charge in [0.2, 0.25) is 5.89 Å². The highest BCUT2D eigenvalue weighted by Crippen LogP contribution is 2.32. The second-order valence-corrected chi connectivity index (χ2v) is 7.37. The molecule has 1 atom stereocenters. The van der Waals surface area contributed by atoms with Gasteiger partial charge in [-0.1, -0.05) is 18.2 Å². The van der Waals surface area contributed by atoms with Gasteiger partial charge in [0.25, 0.3) is 5.91 Å². The molecule has 0 saturated carbocycles. The van der Waals surface area contributed by atoms with Crippen molar-refractivity contribution < 1.29 is 13.9 Å². The van der Waals surface area contributed by atoms with Gasteiger partial charge in [0.15, 0.2) is 0 Å². The first-order valence-corrected chi connectivity index (χ1v) is 9.96. The average molecular weight is 391 g/mol. The van der Waals surface area contributed by atoms with Gasteiger partial charge in [-0.2, -0.15) is 0 Å². The van der Waals surface area contributed by atoms with Gasteiger partial charge in [-0.05, 0) is 55.5 Å². The Bertz CT molecular complexity index is 998. The summed E-state index contributed by atoms with van der Waals surface area (Å²) in [5.41, 5.74) is 2.48. The number of benzene rings is 1. The minimum atomic E-state index is -0.156. The van der Waals surface area contributed by atoms with Crippen molar-refractivity contribution >= 4 is 5.91 Å². The van der Waals surface area contributed by atoms with Crippen molar-refractivity contribution in [2.45, 2.75) is 38.6 Å². The zero-order chi connectivity index (χ0) is 20.2. The van der Waals surface area contributed by atoms with Crippen LogP contribution < -0.4 is 4.74 Å². The fourth-order valence-corrected chi connectivity index (χ4v) is 3.82. The number of aryl methyl sites for hydroxylation is 1. The van der Waals surface area contributed by atoms with E-state index < -0.39 is 0 Å². The Morgan fingerprint density at radius 2 is 2.14 bits per heavy atom. The molecule has 4 rings (SSSR count). The molecule has 1 fully saturated rings. The van der Waals surface area contributed by atoms with Crippen LogP contribution in [0, 0.1) is 6.92 Å². The largest absolute Gasteiger partial charge is 0.497 e. The molecule has 6 nitrogen and oxygen atoms in total. The van der Waals surface area contributed by atoms with Gasteiger partial charge in [0.05, 0.1) is 13.3 Å². The summed E-state index contributed by atoms with van der Waals surface area (Å²) < 4.78 is 11.4. The van der Waals surface area contributed by atoms with Crippen molar-refractivity contribution in [2.24, 2.45) is 0 Å². The highest BCUT2D eigenvalue weighted by molar-refractivity contribution is 5.93. The van der Waals surface area contributed by atoms with Crippen molar-refractivity contribution in [3.05, 3.63) is 77.3 Å². The van der Waals surface area contributed by atoms with Crippen LogP contribution in [0.2, 0.25) is 0 Å². The number of methoxy groups -OCH3 is 1. The van der Waals surface area contributed by atoms with E-state index in [9.17, 15) is 4.79 Å². The minimum absolute atomic E-state index is 0.0552. The molecule has 6 heteroatoms. The fraction of sp³-hybridized carbons (Fsp3) is 0.348. The van der Waals surface area contributed by atoms with Crippen LogP contribution in [0.1, 0.15) is 58.6 Å². The Morgan fingerprint density at radius 3 is 2.97 bits per heavy atom. The molecule has 3 aromatic rings. The molecule has 2 aromatic heterocycles. The summed E-state index contributed by atoms with van der Waals surface area (Å²) in [7, 11) is 1.66. The molecule has 1 unspecified atom stereocenters. The van der Waals surface area contributed by atoms with E-state index in [1.165, 1.54) is 0 Å². The predicted octanol–water partition coefficient (Wildman–Crippen LogP) is 4.34. The molecule has 0 N–H and O–H groups in total. The maximum Gasteiger partial charge on any atom is 0.273 e. The standard InChI is InChI=1S/C23H25N3O3/c1-16-7-6-11-24-21(16)23(27)26-12-4-3-10-20(26)22-25-15-19(29-22)14-17-8-5-9-18(13-17)28-2/h5-9,11,13,15,20H,3-4,10,12,14H2,1-2H3. The summed E-state index contributed by atoms with van der Waals surface area (Å²) >= 11 is 0. The van der Waals surface area contributed by atoms with Gasteiger partial charge in [0.1, 0.15) is 23.2 Å². The quantitative estimate of drug-likeness (QED) is 0.647. The molecule has 1 aliphatic rings. The average Bonchev–Trinajstić information content (AvgIpc) is 3.22. The number of piperidine rings is 1. The first kappa shape index (κ1) is 19.2. The van der Waals surface area contributed by atoms with E-state index in [0.29, 0.717) is 24.6 Å². The van der Waals surface area contributed by atoms with Crippen LogP contribution in [-0.2, 0) is 6.42 Å². The molecule has 150 valence electrons. The van der Waals surface area contributed by atoms with Crippen LogP contribution in [0.4, 0.5) is 0 Å². The van der Waals surface area contributed by atoms with Crippen LogP contribution in [0.15, 0.2) is 53.2 Å². The number of oxazole rings is 1. The first-order chi connectivity index (χ1) is 14.2. The Morgan fingerprint density at radius 1 is 1.24 bits per heavy atom. The number of amides is 1. The molecule has 0 bridgehead atoms. The Labute approximate surface area is 170 Å². The summed E-state index contributed by atoms with van der Waals surface area (Å²) in [5.74, 6) is 2.14. The molecular weight excluding hydrogens is 366 g/mol. The zero-order valence-electron chi connectivity index (χ0n) is 16.8. The second kappa shape index (κ2) is 8.47. The van der Waals surface area contributed by atoms with Crippen LogP contribution in [-0.4, -0.2) is 34.4 Å². The smallest absolute Gasteiger partial charge is 0.273 e. The molecule has 3 heterocycles. The van der Waals surface area contributed by atoms with Crippen molar-refractivity contribution in [1.82, 2.24) is 14.9 Å². The molecule has 1 aromatic carbocycles. The Balaban J connectivity index is 1.55. The lowest BCUT2D eigenvalue weighted by Crippen LogP contribution is -2.39.